The molecule has 1 heterocycles. The van der Waals surface area contributed by atoms with E-state index >= 15 is 0 Å². The number of hydrogen-bond acceptors (Lipinski definition) is 3. The standard InChI is InChI=1S/C11H13NO3S/c1-3-10-6-8-4-5-9(7-11(8)15-10)12-16(2,13)14/h4-7,12H,3H2,1-2H3. The minimum atomic E-state index is -3.24. The van der Waals surface area contributed by atoms with Crippen LogP contribution in [0.5, 0.6) is 0 Å². The number of fused-ring (bicyclic) bond motifs is 1. The van der Waals surface area contributed by atoms with Crippen molar-refractivity contribution in [1.29, 1.82) is 0 Å². The highest BCUT2D eigenvalue weighted by Gasteiger charge is 2.06. The molecule has 0 atom stereocenters. The van der Waals surface area contributed by atoms with Crippen molar-refractivity contribution >= 4 is 26.7 Å². The van der Waals surface area contributed by atoms with Crippen LogP contribution in [0.1, 0.15) is 12.7 Å². The van der Waals surface area contributed by atoms with Crippen molar-refractivity contribution in [1.82, 2.24) is 0 Å². The van der Waals surface area contributed by atoms with E-state index in [1.807, 2.05) is 19.1 Å². The fourth-order valence-electron chi connectivity index (χ4n) is 1.54. The molecule has 86 valence electrons. The molecule has 2 rings (SSSR count). The average Bonchev–Trinajstić information content (AvgIpc) is 2.57. The first-order valence-corrected chi connectivity index (χ1v) is 6.87. The quantitative estimate of drug-likeness (QED) is 0.894. The second-order valence-electron chi connectivity index (χ2n) is 3.69. The van der Waals surface area contributed by atoms with Crippen LogP contribution >= 0.6 is 0 Å². The maximum Gasteiger partial charge on any atom is 0.229 e. The van der Waals surface area contributed by atoms with Crippen molar-refractivity contribution in [3.63, 3.8) is 0 Å². The fourth-order valence-corrected chi connectivity index (χ4v) is 2.09. The van der Waals surface area contributed by atoms with Gasteiger partial charge in [0.25, 0.3) is 0 Å². The maximum absolute atomic E-state index is 11.1. The monoisotopic (exact) mass is 239 g/mol. The zero-order chi connectivity index (χ0) is 11.8. The highest BCUT2D eigenvalue weighted by Crippen LogP contribution is 2.23. The van der Waals surface area contributed by atoms with E-state index in [-0.39, 0.29) is 0 Å². The predicted octanol–water partition coefficient (Wildman–Crippen LogP) is 2.37. The summed E-state index contributed by atoms with van der Waals surface area (Å²) in [6.07, 6.45) is 1.94. The summed E-state index contributed by atoms with van der Waals surface area (Å²) in [5.74, 6) is 0.895. The van der Waals surface area contributed by atoms with Crippen LogP contribution < -0.4 is 4.72 Å². The Bertz CT molecular complexity index is 613. The first-order valence-electron chi connectivity index (χ1n) is 4.98. The van der Waals surface area contributed by atoms with E-state index in [1.54, 1.807) is 12.1 Å². The summed E-state index contributed by atoms with van der Waals surface area (Å²) in [7, 11) is -3.24. The molecule has 0 spiro atoms. The first kappa shape index (κ1) is 11.0. The van der Waals surface area contributed by atoms with Gasteiger partial charge in [0, 0.05) is 17.9 Å². The Morgan fingerprint density at radius 1 is 1.31 bits per heavy atom. The van der Waals surface area contributed by atoms with Crippen LogP contribution in [-0.4, -0.2) is 14.7 Å². The molecule has 1 aromatic heterocycles. The van der Waals surface area contributed by atoms with Crippen LogP contribution in [0.2, 0.25) is 0 Å². The van der Waals surface area contributed by atoms with E-state index < -0.39 is 10.0 Å². The van der Waals surface area contributed by atoms with Gasteiger partial charge < -0.3 is 4.42 Å². The van der Waals surface area contributed by atoms with Gasteiger partial charge in [-0.1, -0.05) is 6.92 Å². The third kappa shape index (κ3) is 2.36. The summed E-state index contributed by atoms with van der Waals surface area (Å²) in [5.41, 5.74) is 1.22. The lowest BCUT2D eigenvalue weighted by atomic mass is 10.2. The molecular formula is C11H13NO3S. The molecular weight excluding hydrogens is 226 g/mol. The van der Waals surface area contributed by atoms with Crippen LogP contribution in [0.4, 0.5) is 5.69 Å². The van der Waals surface area contributed by atoms with Crippen molar-refractivity contribution in [3.8, 4) is 0 Å². The number of nitrogens with one attached hydrogen (secondary N) is 1. The third-order valence-electron chi connectivity index (χ3n) is 2.22. The molecule has 1 aromatic carbocycles. The molecule has 2 aromatic rings. The number of sulfonamides is 1. The molecule has 4 nitrogen and oxygen atoms in total. The summed E-state index contributed by atoms with van der Waals surface area (Å²) in [6, 6.07) is 7.21. The summed E-state index contributed by atoms with van der Waals surface area (Å²) in [4.78, 5) is 0. The van der Waals surface area contributed by atoms with Gasteiger partial charge in [-0.2, -0.15) is 0 Å². The summed E-state index contributed by atoms with van der Waals surface area (Å²) in [5, 5.41) is 0.982. The van der Waals surface area contributed by atoms with E-state index in [0.717, 1.165) is 23.8 Å². The Kier molecular flexibility index (Phi) is 2.63. The Hall–Kier alpha value is -1.49. The molecule has 0 unspecified atom stereocenters. The van der Waals surface area contributed by atoms with Gasteiger partial charge in [0.1, 0.15) is 11.3 Å². The van der Waals surface area contributed by atoms with Crippen molar-refractivity contribution in [2.24, 2.45) is 0 Å². The van der Waals surface area contributed by atoms with Gasteiger partial charge in [0.05, 0.1) is 11.9 Å². The molecule has 0 fully saturated rings. The minimum Gasteiger partial charge on any atom is -0.461 e. The second-order valence-corrected chi connectivity index (χ2v) is 5.44. The predicted molar refractivity (Wildman–Crippen MR) is 64.1 cm³/mol. The zero-order valence-corrected chi connectivity index (χ0v) is 9.97. The van der Waals surface area contributed by atoms with E-state index in [2.05, 4.69) is 4.72 Å². The van der Waals surface area contributed by atoms with E-state index in [1.165, 1.54) is 0 Å². The van der Waals surface area contributed by atoms with Gasteiger partial charge in [-0.3, -0.25) is 4.72 Å². The normalized spacial score (nSPS) is 11.9. The molecule has 5 heteroatoms. The molecule has 16 heavy (non-hydrogen) atoms. The molecule has 0 aliphatic rings. The Morgan fingerprint density at radius 2 is 2.06 bits per heavy atom. The minimum absolute atomic E-state index is 0.520. The summed E-state index contributed by atoms with van der Waals surface area (Å²) >= 11 is 0. The Balaban J connectivity index is 2.43. The molecule has 0 saturated heterocycles. The number of aryl methyl sites for hydroxylation is 1. The van der Waals surface area contributed by atoms with E-state index in [9.17, 15) is 8.42 Å². The van der Waals surface area contributed by atoms with Crippen molar-refractivity contribution < 1.29 is 12.8 Å². The lowest BCUT2D eigenvalue weighted by Crippen LogP contribution is -2.09. The largest absolute Gasteiger partial charge is 0.461 e. The fraction of sp³-hybridized carbons (Fsp3) is 0.273. The number of rotatable bonds is 3. The lowest BCUT2D eigenvalue weighted by Gasteiger charge is -2.02. The van der Waals surface area contributed by atoms with Crippen molar-refractivity contribution in [2.45, 2.75) is 13.3 Å². The molecule has 0 aliphatic carbocycles. The van der Waals surface area contributed by atoms with Crippen LogP contribution in [0, 0.1) is 0 Å². The Morgan fingerprint density at radius 3 is 2.69 bits per heavy atom. The van der Waals surface area contributed by atoms with Gasteiger partial charge in [-0.05, 0) is 18.2 Å². The zero-order valence-electron chi connectivity index (χ0n) is 9.15. The smallest absolute Gasteiger partial charge is 0.229 e. The molecule has 0 bridgehead atoms. The van der Waals surface area contributed by atoms with Gasteiger partial charge in [-0.15, -0.1) is 0 Å². The van der Waals surface area contributed by atoms with Crippen LogP contribution in [0.25, 0.3) is 11.0 Å². The summed E-state index contributed by atoms with van der Waals surface area (Å²) in [6.45, 7) is 2.01. The molecule has 0 saturated carbocycles. The molecule has 0 amide bonds. The van der Waals surface area contributed by atoms with Crippen molar-refractivity contribution in [2.75, 3.05) is 11.0 Å². The molecule has 1 N–H and O–H groups in total. The number of benzene rings is 1. The van der Waals surface area contributed by atoms with Gasteiger partial charge >= 0.3 is 0 Å². The van der Waals surface area contributed by atoms with E-state index in [0.29, 0.717) is 11.3 Å². The van der Waals surface area contributed by atoms with Crippen LogP contribution in [0.3, 0.4) is 0 Å². The van der Waals surface area contributed by atoms with Gasteiger partial charge in [0.2, 0.25) is 10.0 Å². The highest BCUT2D eigenvalue weighted by molar-refractivity contribution is 7.92. The maximum atomic E-state index is 11.1. The SMILES string of the molecule is CCc1cc2ccc(NS(C)(=O)=O)cc2o1. The van der Waals surface area contributed by atoms with Crippen molar-refractivity contribution in [3.05, 3.63) is 30.0 Å². The molecule has 0 aliphatic heterocycles. The molecule has 0 radical (unpaired) electrons. The second kappa shape index (κ2) is 3.83. The lowest BCUT2D eigenvalue weighted by molar-refractivity contribution is 0.557. The van der Waals surface area contributed by atoms with E-state index in [4.69, 9.17) is 4.42 Å². The van der Waals surface area contributed by atoms with Crippen LogP contribution in [0.15, 0.2) is 28.7 Å². The number of furan rings is 1. The number of hydrogen-bond donors (Lipinski definition) is 1. The Labute approximate surface area is 94.3 Å². The van der Waals surface area contributed by atoms with Gasteiger partial charge in [-0.25, -0.2) is 8.42 Å². The van der Waals surface area contributed by atoms with Gasteiger partial charge in [0.15, 0.2) is 0 Å². The first-order chi connectivity index (χ1) is 7.48. The third-order valence-corrected chi connectivity index (χ3v) is 2.83. The topological polar surface area (TPSA) is 59.3 Å². The number of anilines is 1. The van der Waals surface area contributed by atoms with Crippen LogP contribution in [-0.2, 0) is 16.4 Å². The summed E-state index contributed by atoms with van der Waals surface area (Å²) < 4.78 is 30.1. The average molecular weight is 239 g/mol. The highest BCUT2D eigenvalue weighted by atomic mass is 32.2.